The number of nitrogens with zero attached hydrogens (tertiary/aromatic N) is 1. The van der Waals surface area contributed by atoms with E-state index in [1.54, 1.807) is 0 Å². The third-order valence-corrected chi connectivity index (χ3v) is 4.10. The van der Waals surface area contributed by atoms with Crippen LogP contribution in [0.1, 0.15) is 20.3 Å². The molecule has 1 N–H and O–H groups in total. The van der Waals surface area contributed by atoms with E-state index in [9.17, 15) is 0 Å². The minimum Gasteiger partial charge on any atom is -0.369 e. The van der Waals surface area contributed by atoms with Gasteiger partial charge >= 0.3 is 0 Å². The first kappa shape index (κ1) is 12.9. The van der Waals surface area contributed by atoms with Crippen molar-refractivity contribution in [2.24, 2.45) is 5.92 Å². The maximum atomic E-state index is 3.65. The molecule has 0 bridgehead atoms. The number of rotatable bonds is 2. The van der Waals surface area contributed by atoms with Crippen molar-refractivity contribution in [1.29, 1.82) is 0 Å². The molecule has 17 heavy (non-hydrogen) atoms. The summed E-state index contributed by atoms with van der Waals surface area (Å²) in [6.45, 7) is 7.95. The Morgan fingerprint density at radius 3 is 2.82 bits per heavy atom. The fourth-order valence-electron chi connectivity index (χ4n) is 2.32. The molecule has 2 rings (SSSR count). The largest absolute Gasteiger partial charge is 0.369 e. The molecule has 1 heterocycles. The Hall–Kier alpha value is -0.540. The molecular weight excluding hydrogens is 276 g/mol. The molecule has 0 aliphatic carbocycles. The van der Waals surface area contributed by atoms with Crippen LogP contribution < -0.4 is 10.2 Å². The van der Waals surface area contributed by atoms with Gasteiger partial charge < -0.3 is 10.2 Å². The number of benzene rings is 1. The Labute approximate surface area is 113 Å². The Morgan fingerprint density at radius 1 is 1.35 bits per heavy atom. The van der Waals surface area contributed by atoms with Crippen LogP contribution in [-0.2, 0) is 0 Å². The van der Waals surface area contributed by atoms with Gasteiger partial charge in [0.2, 0.25) is 0 Å². The molecule has 0 radical (unpaired) electrons. The van der Waals surface area contributed by atoms with Crippen molar-refractivity contribution in [3.05, 3.63) is 28.7 Å². The van der Waals surface area contributed by atoms with Gasteiger partial charge in [0.1, 0.15) is 0 Å². The summed E-state index contributed by atoms with van der Waals surface area (Å²) < 4.78 is 1.20. The van der Waals surface area contributed by atoms with Gasteiger partial charge in [-0.05, 0) is 46.9 Å². The Balaban J connectivity index is 2.17. The Bertz CT molecular complexity index is 365. The highest BCUT2D eigenvalue weighted by molar-refractivity contribution is 9.10. The Morgan fingerprint density at radius 2 is 2.12 bits per heavy atom. The van der Waals surface area contributed by atoms with Gasteiger partial charge in [0.05, 0.1) is 5.69 Å². The summed E-state index contributed by atoms with van der Waals surface area (Å²) in [5.74, 6) is 0.679. The average molecular weight is 297 g/mol. The van der Waals surface area contributed by atoms with E-state index in [4.69, 9.17) is 0 Å². The number of hydrogen-bond donors (Lipinski definition) is 1. The summed E-state index contributed by atoms with van der Waals surface area (Å²) in [6, 6.07) is 9.10. The van der Waals surface area contributed by atoms with Crippen molar-refractivity contribution >= 4 is 21.6 Å². The van der Waals surface area contributed by atoms with Gasteiger partial charge in [0.25, 0.3) is 0 Å². The minimum atomic E-state index is 0.588. The van der Waals surface area contributed by atoms with Crippen LogP contribution in [0, 0.1) is 5.92 Å². The van der Waals surface area contributed by atoms with Gasteiger partial charge in [-0.3, -0.25) is 0 Å². The highest BCUT2D eigenvalue weighted by atomic mass is 79.9. The molecule has 1 aliphatic heterocycles. The first-order valence-electron chi connectivity index (χ1n) is 6.41. The molecule has 1 aromatic rings. The van der Waals surface area contributed by atoms with E-state index >= 15 is 0 Å². The molecule has 1 unspecified atom stereocenters. The first-order chi connectivity index (χ1) is 8.18. The van der Waals surface area contributed by atoms with Crippen molar-refractivity contribution in [3.63, 3.8) is 0 Å². The van der Waals surface area contributed by atoms with Crippen LogP contribution in [0.5, 0.6) is 0 Å². The predicted molar refractivity (Wildman–Crippen MR) is 77.6 cm³/mol. The first-order valence-corrected chi connectivity index (χ1v) is 7.20. The van der Waals surface area contributed by atoms with Crippen molar-refractivity contribution in [2.45, 2.75) is 26.3 Å². The van der Waals surface area contributed by atoms with Crippen LogP contribution in [0.3, 0.4) is 0 Å². The highest BCUT2D eigenvalue weighted by Crippen LogP contribution is 2.27. The lowest BCUT2D eigenvalue weighted by molar-refractivity contribution is 0.420. The van der Waals surface area contributed by atoms with Crippen LogP contribution in [0.15, 0.2) is 28.7 Å². The lowest BCUT2D eigenvalue weighted by atomic mass is 10.0. The standard InChI is InChI=1S/C14H21BrN2/c1-11(2)13-10-17(9-5-8-16-13)14-7-4-3-6-12(14)15/h3-4,6-7,11,13,16H,5,8-10H2,1-2H3. The molecule has 1 atom stereocenters. The Kier molecular flexibility index (Phi) is 4.46. The number of halogens is 1. The average Bonchev–Trinajstić information content (AvgIpc) is 2.55. The third-order valence-electron chi connectivity index (χ3n) is 3.43. The fraction of sp³-hybridized carbons (Fsp3) is 0.571. The molecule has 0 spiro atoms. The summed E-state index contributed by atoms with van der Waals surface area (Å²) in [7, 11) is 0. The van der Waals surface area contributed by atoms with Gasteiger partial charge in [0, 0.05) is 23.6 Å². The highest BCUT2D eigenvalue weighted by Gasteiger charge is 2.21. The smallest absolute Gasteiger partial charge is 0.0511 e. The zero-order valence-electron chi connectivity index (χ0n) is 10.6. The molecule has 1 aliphatic rings. The summed E-state index contributed by atoms with van der Waals surface area (Å²) in [5.41, 5.74) is 1.32. The molecule has 94 valence electrons. The molecule has 3 heteroatoms. The third kappa shape index (κ3) is 3.23. The summed E-state index contributed by atoms with van der Waals surface area (Å²) >= 11 is 3.65. The normalized spacial score (nSPS) is 21.6. The van der Waals surface area contributed by atoms with Gasteiger partial charge in [-0.2, -0.15) is 0 Å². The van der Waals surface area contributed by atoms with Gasteiger partial charge in [-0.25, -0.2) is 0 Å². The molecule has 0 aromatic heterocycles. The molecule has 0 saturated carbocycles. The topological polar surface area (TPSA) is 15.3 Å². The van der Waals surface area contributed by atoms with Crippen molar-refractivity contribution in [3.8, 4) is 0 Å². The van der Waals surface area contributed by atoms with Crippen LogP contribution in [0.25, 0.3) is 0 Å². The molecule has 1 saturated heterocycles. The number of para-hydroxylation sites is 1. The molecule has 1 fully saturated rings. The van der Waals surface area contributed by atoms with E-state index < -0.39 is 0 Å². The quantitative estimate of drug-likeness (QED) is 0.901. The molecule has 0 amide bonds. The molecule has 1 aromatic carbocycles. The second-order valence-corrected chi connectivity index (χ2v) is 5.91. The van der Waals surface area contributed by atoms with E-state index in [0.717, 1.165) is 19.6 Å². The van der Waals surface area contributed by atoms with Crippen LogP contribution >= 0.6 is 15.9 Å². The van der Waals surface area contributed by atoms with E-state index in [-0.39, 0.29) is 0 Å². The van der Waals surface area contributed by atoms with Crippen molar-refractivity contribution < 1.29 is 0 Å². The minimum absolute atomic E-state index is 0.588. The monoisotopic (exact) mass is 296 g/mol. The predicted octanol–water partition coefficient (Wildman–Crippen LogP) is 3.27. The second-order valence-electron chi connectivity index (χ2n) is 5.06. The van der Waals surface area contributed by atoms with E-state index in [2.05, 4.69) is 64.3 Å². The number of hydrogen-bond acceptors (Lipinski definition) is 2. The van der Waals surface area contributed by atoms with E-state index in [1.807, 2.05) is 0 Å². The van der Waals surface area contributed by atoms with Crippen LogP contribution in [-0.4, -0.2) is 25.7 Å². The maximum Gasteiger partial charge on any atom is 0.0511 e. The van der Waals surface area contributed by atoms with Gasteiger partial charge in [-0.1, -0.05) is 26.0 Å². The van der Waals surface area contributed by atoms with Crippen molar-refractivity contribution in [2.75, 3.05) is 24.5 Å². The summed E-state index contributed by atoms with van der Waals surface area (Å²) in [5, 5.41) is 3.64. The lowest BCUT2D eigenvalue weighted by Gasteiger charge is -2.29. The zero-order chi connectivity index (χ0) is 12.3. The second kappa shape index (κ2) is 5.87. The molecule has 2 nitrogen and oxygen atoms in total. The van der Waals surface area contributed by atoms with Crippen LogP contribution in [0.2, 0.25) is 0 Å². The number of nitrogens with one attached hydrogen (secondary N) is 1. The lowest BCUT2D eigenvalue weighted by Crippen LogP contribution is -2.41. The van der Waals surface area contributed by atoms with E-state index in [0.29, 0.717) is 12.0 Å². The van der Waals surface area contributed by atoms with Gasteiger partial charge in [-0.15, -0.1) is 0 Å². The SMILES string of the molecule is CC(C)C1CN(c2ccccc2Br)CCCN1. The zero-order valence-corrected chi connectivity index (χ0v) is 12.2. The summed E-state index contributed by atoms with van der Waals surface area (Å²) in [4.78, 5) is 2.49. The molecular formula is C14H21BrN2. The summed E-state index contributed by atoms with van der Waals surface area (Å²) in [6.07, 6.45) is 1.21. The number of anilines is 1. The van der Waals surface area contributed by atoms with Crippen molar-refractivity contribution in [1.82, 2.24) is 5.32 Å². The maximum absolute atomic E-state index is 3.65. The van der Waals surface area contributed by atoms with Crippen LogP contribution in [0.4, 0.5) is 5.69 Å². The van der Waals surface area contributed by atoms with E-state index in [1.165, 1.54) is 16.6 Å². The van der Waals surface area contributed by atoms with Gasteiger partial charge in [0.15, 0.2) is 0 Å². The fourth-order valence-corrected chi connectivity index (χ4v) is 2.86.